The van der Waals surface area contributed by atoms with E-state index in [1.54, 1.807) is 24.6 Å². The smallest absolute Gasteiger partial charge is 0.326 e. The molecule has 2 heterocycles. The molecule has 1 fully saturated rings. The number of likely N-dealkylation sites (tertiary alicyclic amines) is 1. The van der Waals surface area contributed by atoms with Crippen LogP contribution in [-0.4, -0.2) is 56.9 Å². The molecule has 0 bridgehead atoms. The third-order valence-corrected chi connectivity index (χ3v) is 3.73. The van der Waals surface area contributed by atoms with Gasteiger partial charge < -0.3 is 15.1 Å². The lowest BCUT2D eigenvalue weighted by Crippen LogP contribution is -2.40. The van der Waals surface area contributed by atoms with E-state index < -0.39 is 24.0 Å². The largest absolute Gasteiger partial charge is 0.480 e. The molecule has 0 saturated carbocycles. The molecule has 2 rings (SSSR count). The summed E-state index contributed by atoms with van der Waals surface area (Å²) >= 11 is 1.32. The summed E-state index contributed by atoms with van der Waals surface area (Å²) in [5.74, 6) is -1.50. The Morgan fingerprint density at radius 1 is 1.53 bits per heavy atom. The first-order valence-corrected chi connectivity index (χ1v) is 6.98. The minimum Gasteiger partial charge on any atom is -0.480 e. The van der Waals surface area contributed by atoms with Gasteiger partial charge in [-0.15, -0.1) is 11.8 Å². The number of rotatable bonds is 3. The lowest BCUT2D eigenvalue weighted by Gasteiger charge is -2.21. The number of carbonyl (C=O) groups excluding carboxylic acids is 1. The number of thioether (sulfide) groups is 1. The minimum absolute atomic E-state index is 0.0402. The van der Waals surface area contributed by atoms with Gasteiger partial charge in [0.2, 0.25) is 0 Å². The van der Waals surface area contributed by atoms with Crippen molar-refractivity contribution in [3.8, 4) is 0 Å². The molecule has 1 aliphatic rings. The third-order valence-electron chi connectivity index (χ3n) is 3.02. The summed E-state index contributed by atoms with van der Waals surface area (Å²) in [5, 5.41) is 19.2. The molecule has 2 N–H and O–H groups in total. The summed E-state index contributed by atoms with van der Waals surface area (Å²) in [6, 6.07) is 2.28. The highest BCUT2D eigenvalue weighted by Gasteiger charge is 2.39. The fourth-order valence-electron chi connectivity index (χ4n) is 2.14. The van der Waals surface area contributed by atoms with E-state index >= 15 is 0 Å². The van der Waals surface area contributed by atoms with Crippen molar-refractivity contribution in [2.75, 3.05) is 12.8 Å². The molecule has 6 nitrogen and oxygen atoms in total. The molecule has 0 aromatic carbocycles. The number of carboxylic acid groups (broad SMARTS) is 1. The first kappa shape index (κ1) is 13.8. The van der Waals surface area contributed by atoms with E-state index in [9.17, 15) is 14.7 Å². The van der Waals surface area contributed by atoms with Crippen LogP contribution in [0.4, 0.5) is 0 Å². The van der Waals surface area contributed by atoms with Crippen LogP contribution >= 0.6 is 11.8 Å². The maximum absolute atomic E-state index is 12.4. The van der Waals surface area contributed by atoms with E-state index in [4.69, 9.17) is 5.11 Å². The molecule has 102 valence electrons. The van der Waals surface area contributed by atoms with Crippen LogP contribution in [0.25, 0.3) is 0 Å². The molecule has 1 saturated heterocycles. The van der Waals surface area contributed by atoms with E-state index in [0.717, 1.165) is 0 Å². The van der Waals surface area contributed by atoms with Crippen molar-refractivity contribution < 1.29 is 19.8 Å². The standard InChI is InChI=1S/C12H14N2O4S/c1-19-10-8(3-2-4-13-10)11(16)14-6-7(15)5-9(14)12(17)18/h2-4,7,9,15H,5-6H2,1H3,(H,17,18). The van der Waals surface area contributed by atoms with Crippen LogP contribution in [-0.2, 0) is 4.79 Å². The molecule has 7 heteroatoms. The van der Waals surface area contributed by atoms with Gasteiger partial charge >= 0.3 is 5.97 Å². The van der Waals surface area contributed by atoms with Gasteiger partial charge in [0.1, 0.15) is 11.1 Å². The molecule has 1 amide bonds. The van der Waals surface area contributed by atoms with E-state index in [1.807, 2.05) is 0 Å². The molecule has 0 aliphatic carbocycles. The zero-order valence-electron chi connectivity index (χ0n) is 10.3. The number of β-amino-alcohol motifs (C(OH)–C–C–N with tert-alkyl or cyclic N) is 1. The van der Waals surface area contributed by atoms with Gasteiger partial charge in [-0.05, 0) is 18.4 Å². The van der Waals surface area contributed by atoms with Gasteiger partial charge in [0, 0.05) is 19.2 Å². The Morgan fingerprint density at radius 3 is 2.89 bits per heavy atom. The van der Waals surface area contributed by atoms with Crippen LogP contribution in [0.15, 0.2) is 23.4 Å². The number of aliphatic hydroxyl groups is 1. The Balaban J connectivity index is 2.30. The Kier molecular flexibility index (Phi) is 4.06. The van der Waals surface area contributed by atoms with Gasteiger partial charge in [-0.25, -0.2) is 9.78 Å². The van der Waals surface area contributed by atoms with Crippen molar-refractivity contribution in [3.05, 3.63) is 23.9 Å². The van der Waals surface area contributed by atoms with Crippen molar-refractivity contribution >= 4 is 23.6 Å². The maximum atomic E-state index is 12.4. The van der Waals surface area contributed by atoms with Gasteiger partial charge in [0.15, 0.2) is 0 Å². The van der Waals surface area contributed by atoms with Gasteiger partial charge in [-0.3, -0.25) is 4.79 Å². The lowest BCUT2D eigenvalue weighted by molar-refractivity contribution is -0.141. The normalized spacial score (nSPS) is 22.5. The summed E-state index contributed by atoms with van der Waals surface area (Å²) in [7, 11) is 0. The van der Waals surface area contributed by atoms with Crippen LogP contribution in [0.2, 0.25) is 0 Å². The quantitative estimate of drug-likeness (QED) is 0.783. The van der Waals surface area contributed by atoms with Gasteiger partial charge in [0.05, 0.1) is 11.7 Å². The van der Waals surface area contributed by atoms with Crippen molar-refractivity contribution in [3.63, 3.8) is 0 Å². The summed E-state index contributed by atoms with van der Waals surface area (Å²) in [4.78, 5) is 28.8. The van der Waals surface area contributed by atoms with E-state index in [1.165, 1.54) is 16.7 Å². The number of hydrogen-bond acceptors (Lipinski definition) is 5. The van der Waals surface area contributed by atoms with Gasteiger partial charge in [0.25, 0.3) is 5.91 Å². The lowest BCUT2D eigenvalue weighted by atomic mass is 10.2. The summed E-state index contributed by atoms with van der Waals surface area (Å²) in [6.45, 7) is 0.0402. The van der Waals surface area contributed by atoms with E-state index in [-0.39, 0.29) is 13.0 Å². The SMILES string of the molecule is CSc1ncccc1C(=O)N1CC(O)CC1C(=O)O. The number of amides is 1. The number of pyridine rings is 1. The van der Waals surface area contributed by atoms with Crippen LogP contribution in [0.5, 0.6) is 0 Å². The molecule has 2 atom stereocenters. The van der Waals surface area contributed by atoms with Gasteiger partial charge in [-0.1, -0.05) is 0 Å². The summed E-state index contributed by atoms with van der Waals surface area (Å²) in [6.07, 6.45) is 2.65. The fraction of sp³-hybridized carbons (Fsp3) is 0.417. The zero-order valence-corrected chi connectivity index (χ0v) is 11.1. The third kappa shape index (κ3) is 2.71. The van der Waals surface area contributed by atoms with Crippen molar-refractivity contribution in [1.82, 2.24) is 9.88 Å². The van der Waals surface area contributed by atoms with Crippen molar-refractivity contribution in [2.24, 2.45) is 0 Å². The first-order valence-electron chi connectivity index (χ1n) is 5.75. The Hall–Kier alpha value is -1.60. The number of carbonyl (C=O) groups is 2. The molecule has 1 aromatic heterocycles. The Labute approximate surface area is 114 Å². The number of aliphatic hydroxyl groups excluding tert-OH is 1. The Morgan fingerprint density at radius 2 is 2.26 bits per heavy atom. The fourth-order valence-corrected chi connectivity index (χ4v) is 2.68. The number of carboxylic acids is 1. The van der Waals surface area contributed by atoms with Crippen molar-refractivity contribution in [1.29, 1.82) is 0 Å². The summed E-state index contributed by atoms with van der Waals surface area (Å²) < 4.78 is 0. The molecule has 1 aromatic rings. The Bertz CT molecular complexity index is 508. The predicted octanol–water partition coefficient (Wildman–Crippen LogP) is 0.463. The second kappa shape index (κ2) is 5.58. The number of aliphatic carboxylic acids is 1. The highest BCUT2D eigenvalue weighted by Crippen LogP contribution is 2.24. The number of hydrogen-bond donors (Lipinski definition) is 2. The van der Waals surface area contributed by atoms with Crippen LogP contribution in [0.1, 0.15) is 16.8 Å². The average molecular weight is 282 g/mol. The summed E-state index contributed by atoms with van der Waals surface area (Å²) in [5.41, 5.74) is 0.371. The highest BCUT2D eigenvalue weighted by molar-refractivity contribution is 7.98. The highest BCUT2D eigenvalue weighted by atomic mass is 32.2. The average Bonchev–Trinajstić information content (AvgIpc) is 2.80. The minimum atomic E-state index is -1.10. The first-order chi connectivity index (χ1) is 9.04. The monoisotopic (exact) mass is 282 g/mol. The zero-order chi connectivity index (χ0) is 14.0. The molecule has 19 heavy (non-hydrogen) atoms. The molecular formula is C12H14N2O4S. The van der Waals surface area contributed by atoms with Gasteiger partial charge in [-0.2, -0.15) is 0 Å². The second-order valence-corrected chi connectivity index (χ2v) is 5.06. The number of nitrogens with zero attached hydrogens (tertiary/aromatic N) is 2. The van der Waals surface area contributed by atoms with Crippen LogP contribution in [0.3, 0.4) is 0 Å². The van der Waals surface area contributed by atoms with Crippen molar-refractivity contribution in [2.45, 2.75) is 23.6 Å². The number of aromatic nitrogens is 1. The molecule has 0 spiro atoms. The molecule has 1 aliphatic heterocycles. The molecule has 0 radical (unpaired) electrons. The molecule has 2 unspecified atom stereocenters. The molecular weight excluding hydrogens is 268 g/mol. The van der Waals surface area contributed by atoms with E-state index in [2.05, 4.69) is 4.98 Å². The topological polar surface area (TPSA) is 90.7 Å². The van der Waals surface area contributed by atoms with Crippen LogP contribution < -0.4 is 0 Å². The predicted molar refractivity (Wildman–Crippen MR) is 69.1 cm³/mol. The van der Waals surface area contributed by atoms with Crippen LogP contribution in [0, 0.1) is 0 Å². The second-order valence-electron chi connectivity index (χ2n) is 4.26. The van der Waals surface area contributed by atoms with E-state index in [0.29, 0.717) is 10.6 Å². The maximum Gasteiger partial charge on any atom is 0.326 e.